The second-order valence-electron chi connectivity index (χ2n) is 5.54. The van der Waals surface area contributed by atoms with E-state index >= 15 is 0 Å². The van der Waals surface area contributed by atoms with Gasteiger partial charge < -0.3 is 0 Å². The fourth-order valence-electron chi connectivity index (χ4n) is 2.73. The molecule has 0 fully saturated rings. The zero-order chi connectivity index (χ0) is 17.4. The molecule has 1 aliphatic rings. The van der Waals surface area contributed by atoms with E-state index in [2.05, 4.69) is 0 Å². The van der Waals surface area contributed by atoms with Crippen molar-refractivity contribution in [2.24, 2.45) is 0 Å². The molecule has 0 aliphatic carbocycles. The van der Waals surface area contributed by atoms with Gasteiger partial charge in [0.25, 0.3) is 11.8 Å². The average Bonchev–Trinajstić information content (AvgIpc) is 2.89. The van der Waals surface area contributed by atoms with E-state index in [0.717, 1.165) is 9.79 Å². The van der Waals surface area contributed by atoms with Crippen LogP contribution in [0.15, 0.2) is 82.6 Å². The Kier molecular flexibility index (Phi) is 3.86. The molecule has 5 heteroatoms. The summed E-state index contributed by atoms with van der Waals surface area (Å²) in [6.45, 7) is 0. The second-order valence-corrected chi connectivity index (χ2v) is 6.69. The van der Waals surface area contributed by atoms with Crippen LogP contribution in [0.3, 0.4) is 0 Å². The minimum atomic E-state index is -0.306. The number of benzene rings is 3. The lowest BCUT2D eigenvalue weighted by molar-refractivity contribution is 0.0926. The van der Waals surface area contributed by atoms with Gasteiger partial charge in [-0.25, -0.2) is 9.29 Å². The number of hydrogen-bond donors (Lipinski definition) is 0. The molecule has 0 radical (unpaired) electrons. The van der Waals surface area contributed by atoms with Crippen molar-refractivity contribution in [2.45, 2.75) is 9.79 Å². The number of carbonyl (C=O) groups is 2. The number of nitrogens with zero attached hydrogens (tertiary/aromatic N) is 1. The third kappa shape index (κ3) is 2.83. The third-order valence-electron chi connectivity index (χ3n) is 3.94. The minimum Gasteiger partial charge on any atom is -0.268 e. The largest absolute Gasteiger partial charge is 0.268 e. The molecule has 0 bridgehead atoms. The van der Waals surface area contributed by atoms with Crippen LogP contribution in [-0.4, -0.2) is 11.8 Å². The van der Waals surface area contributed by atoms with E-state index in [0.29, 0.717) is 16.8 Å². The van der Waals surface area contributed by atoms with E-state index < -0.39 is 0 Å². The van der Waals surface area contributed by atoms with Gasteiger partial charge >= 0.3 is 0 Å². The van der Waals surface area contributed by atoms with E-state index in [9.17, 15) is 14.0 Å². The maximum absolute atomic E-state index is 13.0. The summed E-state index contributed by atoms with van der Waals surface area (Å²) in [7, 11) is 0. The molecule has 3 nitrogen and oxygen atoms in total. The fourth-order valence-corrected chi connectivity index (χ4v) is 3.54. The number of amides is 2. The Morgan fingerprint density at radius 2 is 1.16 bits per heavy atom. The number of fused-ring (bicyclic) bond motifs is 1. The number of anilines is 1. The van der Waals surface area contributed by atoms with Crippen molar-refractivity contribution >= 4 is 29.3 Å². The summed E-state index contributed by atoms with van der Waals surface area (Å²) < 4.78 is 13.0. The molecule has 1 aliphatic heterocycles. The quantitative estimate of drug-likeness (QED) is 0.639. The van der Waals surface area contributed by atoms with Crippen LogP contribution >= 0.6 is 11.8 Å². The molecule has 1 heterocycles. The molecular formula is C20H12FNO2S. The van der Waals surface area contributed by atoms with Gasteiger partial charge in [-0.05, 0) is 60.7 Å². The Morgan fingerprint density at radius 3 is 1.68 bits per heavy atom. The lowest BCUT2D eigenvalue weighted by Gasteiger charge is -2.14. The molecule has 3 aromatic carbocycles. The summed E-state index contributed by atoms with van der Waals surface area (Å²) in [5, 5.41) is 0. The summed E-state index contributed by atoms with van der Waals surface area (Å²) in [6.07, 6.45) is 0. The van der Waals surface area contributed by atoms with Gasteiger partial charge in [0.15, 0.2) is 0 Å². The predicted octanol–water partition coefficient (Wildman–Crippen LogP) is 4.78. The Balaban J connectivity index is 1.58. The maximum Gasteiger partial charge on any atom is 0.266 e. The Hall–Kier alpha value is -2.92. The normalized spacial score (nSPS) is 13.2. The molecule has 0 N–H and O–H groups in total. The molecule has 0 spiro atoms. The van der Waals surface area contributed by atoms with Crippen LogP contribution in [0.5, 0.6) is 0 Å². The van der Waals surface area contributed by atoms with Crippen LogP contribution < -0.4 is 4.90 Å². The zero-order valence-electron chi connectivity index (χ0n) is 13.0. The molecule has 0 aromatic heterocycles. The van der Waals surface area contributed by atoms with Crippen LogP contribution in [-0.2, 0) is 0 Å². The van der Waals surface area contributed by atoms with Gasteiger partial charge in [-0.15, -0.1) is 0 Å². The molecule has 25 heavy (non-hydrogen) atoms. The lowest BCUT2D eigenvalue weighted by atomic mass is 10.1. The highest BCUT2D eigenvalue weighted by molar-refractivity contribution is 7.99. The van der Waals surface area contributed by atoms with Crippen molar-refractivity contribution in [3.63, 3.8) is 0 Å². The van der Waals surface area contributed by atoms with E-state index in [1.807, 2.05) is 12.1 Å². The SMILES string of the molecule is O=C1c2ccccc2C(=O)N1c1ccc(Sc2ccc(F)cc2)cc1. The van der Waals surface area contributed by atoms with E-state index in [-0.39, 0.29) is 17.6 Å². The monoisotopic (exact) mass is 349 g/mol. The van der Waals surface area contributed by atoms with Crippen LogP contribution in [0, 0.1) is 5.82 Å². The van der Waals surface area contributed by atoms with E-state index in [1.54, 1.807) is 48.5 Å². The first-order valence-electron chi connectivity index (χ1n) is 7.65. The topological polar surface area (TPSA) is 37.4 Å². The van der Waals surface area contributed by atoms with Gasteiger partial charge in [-0.1, -0.05) is 23.9 Å². The highest BCUT2D eigenvalue weighted by Gasteiger charge is 2.36. The van der Waals surface area contributed by atoms with Gasteiger partial charge in [0.05, 0.1) is 16.8 Å². The summed E-state index contributed by atoms with van der Waals surface area (Å²) in [6, 6.07) is 20.2. The molecule has 122 valence electrons. The van der Waals surface area contributed by atoms with Gasteiger partial charge in [0, 0.05) is 9.79 Å². The minimum absolute atomic E-state index is 0.273. The van der Waals surface area contributed by atoms with Crippen molar-refractivity contribution in [1.29, 1.82) is 0 Å². The standard InChI is InChI=1S/C20H12FNO2S/c21-13-5-9-15(10-6-13)25-16-11-7-14(8-12-16)22-19(23)17-3-1-2-4-18(17)20(22)24/h1-12H. The van der Waals surface area contributed by atoms with Crippen LogP contribution in [0.2, 0.25) is 0 Å². The third-order valence-corrected chi connectivity index (χ3v) is 4.95. The number of hydrogen-bond acceptors (Lipinski definition) is 3. The van der Waals surface area contributed by atoms with Crippen molar-refractivity contribution in [1.82, 2.24) is 0 Å². The molecule has 0 atom stereocenters. The summed E-state index contributed by atoms with van der Waals surface area (Å²) in [4.78, 5) is 28.0. The number of carbonyl (C=O) groups excluding carboxylic acids is 2. The van der Waals surface area contributed by atoms with Crippen LogP contribution in [0.4, 0.5) is 10.1 Å². The molecule has 2 amide bonds. The fraction of sp³-hybridized carbons (Fsp3) is 0. The Labute approximate surface area is 148 Å². The molecule has 3 aromatic rings. The van der Waals surface area contributed by atoms with Gasteiger partial charge in [-0.3, -0.25) is 9.59 Å². The highest BCUT2D eigenvalue weighted by atomic mass is 32.2. The number of halogens is 1. The first-order valence-corrected chi connectivity index (χ1v) is 8.46. The zero-order valence-corrected chi connectivity index (χ0v) is 13.8. The Bertz CT molecular complexity index is 933. The molecule has 0 unspecified atom stereocenters. The van der Waals surface area contributed by atoms with Crippen LogP contribution in [0.25, 0.3) is 0 Å². The molecular weight excluding hydrogens is 337 g/mol. The van der Waals surface area contributed by atoms with Crippen molar-refractivity contribution in [3.05, 3.63) is 89.7 Å². The molecule has 0 saturated heterocycles. The first-order chi connectivity index (χ1) is 12.1. The van der Waals surface area contributed by atoms with Crippen molar-refractivity contribution < 1.29 is 14.0 Å². The smallest absolute Gasteiger partial charge is 0.266 e. The number of rotatable bonds is 3. The summed E-state index contributed by atoms with van der Waals surface area (Å²) in [5.41, 5.74) is 1.39. The maximum atomic E-state index is 13.0. The molecule has 0 saturated carbocycles. The first kappa shape index (κ1) is 15.6. The predicted molar refractivity (Wildman–Crippen MR) is 94.5 cm³/mol. The van der Waals surface area contributed by atoms with E-state index in [1.165, 1.54) is 28.8 Å². The van der Waals surface area contributed by atoms with Crippen LogP contribution in [0.1, 0.15) is 20.7 Å². The summed E-state index contributed by atoms with van der Waals surface area (Å²) >= 11 is 1.48. The van der Waals surface area contributed by atoms with Crippen molar-refractivity contribution in [3.8, 4) is 0 Å². The lowest BCUT2D eigenvalue weighted by Crippen LogP contribution is -2.29. The Morgan fingerprint density at radius 1 is 0.680 bits per heavy atom. The van der Waals surface area contributed by atoms with Gasteiger partial charge in [0.2, 0.25) is 0 Å². The number of imide groups is 1. The average molecular weight is 349 g/mol. The highest BCUT2D eigenvalue weighted by Crippen LogP contribution is 2.32. The van der Waals surface area contributed by atoms with Gasteiger partial charge in [0.1, 0.15) is 5.82 Å². The second kappa shape index (κ2) is 6.18. The van der Waals surface area contributed by atoms with Gasteiger partial charge in [-0.2, -0.15) is 0 Å². The molecule has 4 rings (SSSR count). The summed E-state index contributed by atoms with van der Waals surface area (Å²) in [5.74, 6) is -0.885. The van der Waals surface area contributed by atoms with E-state index in [4.69, 9.17) is 0 Å². The van der Waals surface area contributed by atoms with Crippen molar-refractivity contribution in [2.75, 3.05) is 4.90 Å².